The molecule has 0 radical (unpaired) electrons. The smallest absolute Gasteiger partial charge is 0.135 e. The van der Waals surface area contributed by atoms with E-state index in [4.69, 9.17) is 4.74 Å². The number of para-hydroxylation sites is 1. The molecule has 0 aliphatic carbocycles. The molecule has 0 amide bonds. The Morgan fingerprint density at radius 1 is 1.14 bits per heavy atom. The van der Waals surface area contributed by atoms with E-state index in [2.05, 4.69) is 4.98 Å². The average molecular weight is 520 g/mol. The maximum Gasteiger partial charge on any atom is 0.135 e. The van der Waals surface area contributed by atoms with Crippen LogP contribution in [0.15, 0.2) is 36.4 Å². The van der Waals surface area contributed by atoms with Crippen molar-refractivity contribution in [1.29, 1.82) is 0 Å². The zero-order valence-electron chi connectivity index (χ0n) is 20.9. The molecule has 5 rings (SSSR count). The van der Waals surface area contributed by atoms with Gasteiger partial charge in [0, 0.05) is 85.0 Å². The number of rotatable bonds is 10. The third-order valence-corrected chi connectivity index (χ3v) is 7.72. The summed E-state index contributed by atoms with van der Waals surface area (Å²) in [5.41, 5.74) is 2.42. The van der Waals surface area contributed by atoms with Crippen LogP contribution in [0.4, 0.5) is 17.6 Å². The summed E-state index contributed by atoms with van der Waals surface area (Å²) in [6, 6.07) is 9.16. The van der Waals surface area contributed by atoms with Crippen LogP contribution in [0, 0.1) is 23.5 Å². The van der Waals surface area contributed by atoms with E-state index in [9.17, 15) is 13.9 Å². The normalized spacial score (nSPS) is 21.7. The van der Waals surface area contributed by atoms with E-state index in [0.717, 1.165) is 16.5 Å². The van der Waals surface area contributed by atoms with Gasteiger partial charge in [0.2, 0.25) is 0 Å². The van der Waals surface area contributed by atoms with E-state index in [1.165, 1.54) is 12.1 Å². The van der Waals surface area contributed by atoms with Gasteiger partial charge in [-0.15, -0.1) is 0 Å². The summed E-state index contributed by atoms with van der Waals surface area (Å²) in [6.07, 6.45) is 0.629. The number of nitrogens with zero attached hydrogens (tertiary/aromatic N) is 2. The second-order valence-corrected chi connectivity index (χ2v) is 10.3. The molecule has 2 N–H and O–H groups in total. The number of hydrogen-bond acceptors (Lipinski definition) is 4. The van der Waals surface area contributed by atoms with Gasteiger partial charge >= 0.3 is 0 Å². The molecule has 0 unspecified atom stereocenters. The third kappa shape index (κ3) is 5.09. The molecule has 1 fully saturated rings. The number of aliphatic hydroxyl groups is 1. The highest BCUT2D eigenvalue weighted by molar-refractivity contribution is 5.85. The molecule has 0 bridgehead atoms. The van der Waals surface area contributed by atoms with Gasteiger partial charge in [-0.2, -0.15) is 0 Å². The van der Waals surface area contributed by atoms with Crippen molar-refractivity contribution < 1.29 is 27.4 Å². The minimum atomic E-state index is -0.820. The highest BCUT2D eigenvalue weighted by Gasteiger charge is 2.39. The van der Waals surface area contributed by atoms with Gasteiger partial charge in [0.15, 0.2) is 0 Å². The minimum Gasteiger partial charge on any atom is -0.492 e. The minimum absolute atomic E-state index is 0.0624. The van der Waals surface area contributed by atoms with Crippen molar-refractivity contribution in [3.8, 4) is 5.75 Å². The van der Waals surface area contributed by atoms with Crippen molar-refractivity contribution in [2.75, 3.05) is 52.7 Å². The number of halogens is 4. The number of hydrogen-bond donors (Lipinski definition) is 2. The Bertz CT molecular complexity index is 1200. The Kier molecular flexibility index (Phi) is 7.74. The number of benzene rings is 2. The first-order chi connectivity index (χ1) is 17.9. The van der Waals surface area contributed by atoms with Gasteiger partial charge in [-0.3, -0.25) is 18.6 Å². The van der Waals surface area contributed by atoms with Crippen molar-refractivity contribution in [2.24, 2.45) is 11.8 Å². The van der Waals surface area contributed by atoms with Crippen LogP contribution in [-0.4, -0.2) is 78.7 Å². The number of fused-ring (bicyclic) bond motifs is 3. The second kappa shape index (κ2) is 11.0. The topological polar surface area (TPSA) is 51.7 Å². The number of ether oxygens (including phenoxy) is 1. The number of aliphatic hydroxyl groups excluding tert-OH is 1. The third-order valence-electron chi connectivity index (χ3n) is 7.72. The second-order valence-electron chi connectivity index (χ2n) is 10.3. The molecule has 2 aliphatic rings. The van der Waals surface area contributed by atoms with Crippen LogP contribution in [0.25, 0.3) is 10.9 Å². The summed E-state index contributed by atoms with van der Waals surface area (Å²) in [6.45, 7) is 2.81. The van der Waals surface area contributed by atoms with Gasteiger partial charge in [0.1, 0.15) is 24.0 Å². The number of nitrogens with one attached hydrogen (secondary N) is 1. The average Bonchev–Trinajstić information content (AvgIpc) is 3.22. The fourth-order valence-corrected chi connectivity index (χ4v) is 5.71. The summed E-state index contributed by atoms with van der Waals surface area (Å²) in [5, 5.41) is 10.7. The zero-order chi connectivity index (χ0) is 26.1. The molecule has 2 aromatic carbocycles. The van der Waals surface area contributed by atoms with Crippen molar-refractivity contribution >= 4 is 10.9 Å². The SMILES string of the molecule is C[C@@H]1Cc2c([nH]c3ccccc23)[C@@H](c2c(F)cc(OCCN3CC(CF)C3)cc2F)N1C[C@H](CO)CF. The fourth-order valence-electron chi connectivity index (χ4n) is 5.71. The highest BCUT2D eigenvalue weighted by Crippen LogP contribution is 2.43. The van der Waals surface area contributed by atoms with E-state index >= 15 is 8.78 Å². The quantitative estimate of drug-likeness (QED) is 0.384. The van der Waals surface area contributed by atoms with Crippen LogP contribution in [0.5, 0.6) is 5.75 Å². The standard InChI is InChI=1S/C28H33F4N3O2/c1-17-8-22-21-4-2-3-5-25(21)33-27(22)28(35(17)15-19(12-30)16-36)26-23(31)9-20(10-24(26)32)37-7-6-34-13-18(11-29)14-34/h2-5,9-10,17-19,28,33,36H,6-8,11-16H2,1H3/t17-,19-,28-/m1/s1. The van der Waals surface area contributed by atoms with Gasteiger partial charge in [-0.05, 0) is 25.0 Å². The van der Waals surface area contributed by atoms with Gasteiger partial charge in [0.05, 0.1) is 19.4 Å². The van der Waals surface area contributed by atoms with Crippen LogP contribution in [0.1, 0.15) is 29.8 Å². The molecular weight excluding hydrogens is 486 g/mol. The van der Waals surface area contributed by atoms with Crippen LogP contribution < -0.4 is 4.74 Å². The van der Waals surface area contributed by atoms with Crippen LogP contribution >= 0.6 is 0 Å². The van der Waals surface area contributed by atoms with Gasteiger partial charge in [0.25, 0.3) is 0 Å². The predicted octanol–water partition coefficient (Wildman–Crippen LogP) is 4.64. The highest BCUT2D eigenvalue weighted by atomic mass is 19.1. The summed E-state index contributed by atoms with van der Waals surface area (Å²) in [7, 11) is 0. The summed E-state index contributed by atoms with van der Waals surface area (Å²) < 4.78 is 63.2. The summed E-state index contributed by atoms with van der Waals surface area (Å²) >= 11 is 0. The van der Waals surface area contributed by atoms with Crippen molar-refractivity contribution in [3.05, 3.63) is 64.9 Å². The number of likely N-dealkylation sites (tertiary alicyclic amines) is 1. The van der Waals surface area contributed by atoms with Crippen LogP contribution in [0.3, 0.4) is 0 Å². The van der Waals surface area contributed by atoms with Crippen LogP contribution in [-0.2, 0) is 6.42 Å². The first-order valence-corrected chi connectivity index (χ1v) is 12.9. The van der Waals surface area contributed by atoms with E-state index < -0.39 is 30.3 Å². The first kappa shape index (κ1) is 26.0. The molecule has 5 nitrogen and oxygen atoms in total. The molecule has 9 heteroatoms. The van der Waals surface area contributed by atoms with Gasteiger partial charge in [-0.1, -0.05) is 18.2 Å². The lowest BCUT2D eigenvalue weighted by Gasteiger charge is -2.42. The Morgan fingerprint density at radius 3 is 2.54 bits per heavy atom. The molecular formula is C28H33F4N3O2. The Hall–Kier alpha value is -2.62. The van der Waals surface area contributed by atoms with Crippen LogP contribution in [0.2, 0.25) is 0 Å². The molecule has 1 saturated heterocycles. The molecule has 3 heterocycles. The van der Waals surface area contributed by atoms with E-state index in [1.54, 1.807) is 0 Å². The summed E-state index contributed by atoms with van der Waals surface area (Å²) in [4.78, 5) is 7.28. The molecule has 2 aliphatic heterocycles. The lowest BCUT2D eigenvalue weighted by molar-refractivity contribution is 0.0666. The monoisotopic (exact) mass is 519 g/mol. The molecule has 200 valence electrons. The molecule has 0 saturated carbocycles. The Labute approximate surface area is 214 Å². The number of alkyl halides is 2. The lowest BCUT2D eigenvalue weighted by Crippen LogP contribution is -2.49. The van der Waals surface area contributed by atoms with Gasteiger partial charge < -0.3 is 14.8 Å². The van der Waals surface area contributed by atoms with Crippen molar-refractivity contribution in [1.82, 2.24) is 14.8 Å². The first-order valence-electron chi connectivity index (χ1n) is 12.9. The molecule has 3 atom stereocenters. The van der Waals surface area contributed by atoms with Gasteiger partial charge in [-0.25, -0.2) is 8.78 Å². The maximum atomic E-state index is 15.7. The largest absolute Gasteiger partial charge is 0.492 e. The van der Waals surface area contributed by atoms with E-state index in [-0.39, 0.29) is 49.7 Å². The molecule has 0 spiro atoms. The van der Waals surface area contributed by atoms with E-state index in [1.807, 2.05) is 41.0 Å². The van der Waals surface area contributed by atoms with Crippen molar-refractivity contribution in [2.45, 2.75) is 25.4 Å². The molecule has 37 heavy (non-hydrogen) atoms. The number of H-pyrrole nitrogens is 1. The fraction of sp³-hybridized carbons (Fsp3) is 0.500. The maximum absolute atomic E-state index is 15.7. The lowest BCUT2D eigenvalue weighted by atomic mass is 9.87. The number of aromatic amines is 1. The molecule has 1 aromatic heterocycles. The predicted molar refractivity (Wildman–Crippen MR) is 134 cm³/mol. The van der Waals surface area contributed by atoms with Crippen molar-refractivity contribution in [3.63, 3.8) is 0 Å². The summed E-state index contributed by atoms with van der Waals surface area (Å²) in [5.74, 6) is -2.00. The zero-order valence-corrected chi connectivity index (χ0v) is 20.9. The Balaban J connectivity index is 1.46. The number of aromatic nitrogens is 1. The Morgan fingerprint density at radius 2 is 1.86 bits per heavy atom. The van der Waals surface area contributed by atoms with E-state index in [0.29, 0.717) is 31.7 Å². The molecule has 3 aromatic rings.